The molecule has 0 unspecified atom stereocenters. The number of urea groups is 1. The number of H-pyrrole nitrogens is 1. The van der Waals surface area contributed by atoms with E-state index in [0.29, 0.717) is 61.4 Å². The summed E-state index contributed by atoms with van der Waals surface area (Å²) in [5.74, 6) is 1.89. The van der Waals surface area contributed by atoms with Crippen LogP contribution in [0.15, 0.2) is 42.7 Å². The number of nitrogens with zero attached hydrogens (tertiary/aromatic N) is 4. The van der Waals surface area contributed by atoms with Gasteiger partial charge in [-0.1, -0.05) is 6.92 Å². The summed E-state index contributed by atoms with van der Waals surface area (Å²) in [6.45, 7) is 5.87. The Labute approximate surface area is 222 Å². The van der Waals surface area contributed by atoms with Crippen LogP contribution in [0.25, 0.3) is 11.4 Å². The van der Waals surface area contributed by atoms with Crippen molar-refractivity contribution in [2.24, 2.45) is 0 Å². The molecule has 2 amide bonds. The standard InChI is InChI=1S/C26H33N7O4S/c1-3-38(35,36)26(9-4-10-26)21-15-23(33-13-14-37-17-18(33)2)32-24(31-21)19-5-7-20(8-6-19)30-25(34)29-16-22-27-11-12-28-22/h5-8,11-12,15,18H,3-4,9-10,13-14,16-17H2,1-2H3,(H,27,28)(H2,29,30,34)/t18-/m0/s1. The zero-order valence-corrected chi connectivity index (χ0v) is 22.4. The van der Waals surface area contributed by atoms with Crippen molar-refractivity contribution in [1.29, 1.82) is 0 Å². The predicted octanol–water partition coefficient (Wildman–Crippen LogP) is 3.23. The van der Waals surface area contributed by atoms with Crippen molar-refractivity contribution in [3.05, 3.63) is 54.2 Å². The van der Waals surface area contributed by atoms with Crippen molar-refractivity contribution in [2.45, 2.75) is 50.4 Å². The molecule has 3 N–H and O–H groups in total. The van der Waals surface area contributed by atoms with Gasteiger partial charge in [0.1, 0.15) is 16.4 Å². The average molecular weight is 540 g/mol. The first-order valence-corrected chi connectivity index (χ1v) is 14.6. The van der Waals surface area contributed by atoms with E-state index in [1.54, 1.807) is 31.5 Å². The third-order valence-electron chi connectivity index (χ3n) is 7.35. The number of ether oxygens (including phenoxy) is 1. The van der Waals surface area contributed by atoms with Gasteiger partial charge in [0.2, 0.25) is 0 Å². The summed E-state index contributed by atoms with van der Waals surface area (Å²) in [5, 5.41) is 5.54. The molecule has 2 fully saturated rings. The van der Waals surface area contributed by atoms with E-state index in [9.17, 15) is 13.2 Å². The lowest BCUT2D eigenvalue weighted by molar-refractivity contribution is 0.0985. The number of hydrogen-bond acceptors (Lipinski definition) is 8. The Kier molecular flexibility index (Phi) is 7.35. The second-order valence-electron chi connectivity index (χ2n) is 9.72. The van der Waals surface area contributed by atoms with Crippen molar-refractivity contribution >= 4 is 27.4 Å². The third-order valence-corrected chi connectivity index (χ3v) is 9.92. The van der Waals surface area contributed by atoms with Gasteiger partial charge < -0.3 is 25.3 Å². The van der Waals surface area contributed by atoms with Crippen LogP contribution in [0.3, 0.4) is 0 Å². The molecule has 1 atom stereocenters. The average Bonchev–Trinajstić information content (AvgIpc) is 3.41. The Balaban J connectivity index is 1.43. The molecule has 202 valence electrons. The summed E-state index contributed by atoms with van der Waals surface area (Å²) in [7, 11) is -3.37. The molecular weight excluding hydrogens is 506 g/mol. The molecule has 1 saturated carbocycles. The van der Waals surface area contributed by atoms with Gasteiger partial charge in [-0.3, -0.25) is 0 Å². The van der Waals surface area contributed by atoms with Crippen molar-refractivity contribution in [3.8, 4) is 11.4 Å². The molecular formula is C26H33N7O4S. The van der Waals surface area contributed by atoms with Crippen LogP contribution in [0, 0.1) is 0 Å². The molecule has 2 aromatic heterocycles. The smallest absolute Gasteiger partial charge is 0.319 e. The molecule has 3 heterocycles. The normalized spacial score (nSPS) is 19.0. The number of morpholine rings is 1. The highest BCUT2D eigenvalue weighted by molar-refractivity contribution is 7.92. The molecule has 1 saturated heterocycles. The van der Waals surface area contributed by atoms with Gasteiger partial charge in [0.15, 0.2) is 15.7 Å². The number of aromatic amines is 1. The first-order valence-electron chi connectivity index (χ1n) is 12.9. The summed E-state index contributed by atoms with van der Waals surface area (Å²) in [5.41, 5.74) is 1.90. The highest BCUT2D eigenvalue weighted by Crippen LogP contribution is 2.48. The number of anilines is 2. The molecule has 0 spiro atoms. The molecule has 38 heavy (non-hydrogen) atoms. The van der Waals surface area contributed by atoms with E-state index in [4.69, 9.17) is 14.7 Å². The van der Waals surface area contributed by atoms with Crippen LogP contribution in [0.4, 0.5) is 16.3 Å². The second kappa shape index (κ2) is 10.7. The minimum atomic E-state index is -3.37. The number of nitrogens with one attached hydrogen (secondary N) is 3. The predicted molar refractivity (Wildman–Crippen MR) is 145 cm³/mol. The Morgan fingerprint density at radius 2 is 2.03 bits per heavy atom. The number of sulfone groups is 1. The van der Waals surface area contributed by atoms with Gasteiger partial charge >= 0.3 is 6.03 Å². The Morgan fingerprint density at radius 3 is 2.66 bits per heavy atom. The summed E-state index contributed by atoms with van der Waals surface area (Å²) in [6.07, 6.45) is 5.30. The topological polar surface area (TPSA) is 142 Å². The second-order valence-corrected chi connectivity index (χ2v) is 12.3. The first-order chi connectivity index (χ1) is 18.3. The van der Waals surface area contributed by atoms with E-state index in [-0.39, 0.29) is 24.4 Å². The largest absolute Gasteiger partial charge is 0.377 e. The SMILES string of the molecule is CCS(=O)(=O)C1(c2cc(N3CCOC[C@@H]3C)nc(-c3ccc(NC(=O)NCc4ncc[nH]4)cc3)n2)CCC1. The maximum Gasteiger partial charge on any atom is 0.319 e. The minimum absolute atomic E-state index is 0.0674. The molecule has 0 radical (unpaired) electrons. The Hall–Kier alpha value is -3.51. The molecule has 1 aliphatic carbocycles. The van der Waals surface area contributed by atoms with Gasteiger partial charge in [0.25, 0.3) is 0 Å². The van der Waals surface area contributed by atoms with E-state index in [1.807, 2.05) is 18.2 Å². The molecule has 1 aliphatic heterocycles. The number of rotatable bonds is 8. The van der Waals surface area contributed by atoms with Gasteiger partial charge in [0.05, 0.1) is 31.5 Å². The maximum absolute atomic E-state index is 13.2. The van der Waals surface area contributed by atoms with E-state index < -0.39 is 14.6 Å². The number of amides is 2. The fourth-order valence-electron chi connectivity index (χ4n) is 4.95. The van der Waals surface area contributed by atoms with Gasteiger partial charge in [-0.25, -0.2) is 28.2 Å². The molecule has 0 bridgehead atoms. The highest BCUT2D eigenvalue weighted by Gasteiger charge is 2.51. The van der Waals surface area contributed by atoms with Crippen molar-refractivity contribution in [1.82, 2.24) is 25.3 Å². The lowest BCUT2D eigenvalue weighted by atomic mass is 9.81. The number of imidazole rings is 1. The lowest BCUT2D eigenvalue weighted by Crippen LogP contribution is -2.46. The Morgan fingerprint density at radius 1 is 1.24 bits per heavy atom. The number of hydrogen-bond donors (Lipinski definition) is 3. The van der Waals surface area contributed by atoms with Crippen molar-refractivity contribution < 1.29 is 17.9 Å². The van der Waals surface area contributed by atoms with Crippen LogP contribution >= 0.6 is 0 Å². The van der Waals surface area contributed by atoms with E-state index in [0.717, 1.165) is 12.0 Å². The van der Waals surface area contributed by atoms with Crippen LogP contribution in [0.5, 0.6) is 0 Å². The monoisotopic (exact) mass is 539 g/mol. The van der Waals surface area contributed by atoms with Crippen LogP contribution < -0.4 is 15.5 Å². The quantitative estimate of drug-likeness (QED) is 0.396. The van der Waals surface area contributed by atoms with Crippen molar-refractivity contribution in [3.63, 3.8) is 0 Å². The fourth-order valence-corrected chi connectivity index (χ4v) is 6.84. The third kappa shape index (κ3) is 5.10. The first kappa shape index (κ1) is 26.1. The van der Waals surface area contributed by atoms with E-state index in [1.165, 1.54) is 0 Å². The van der Waals surface area contributed by atoms with Gasteiger partial charge in [-0.2, -0.15) is 0 Å². The van der Waals surface area contributed by atoms with Gasteiger partial charge in [-0.05, 0) is 50.5 Å². The van der Waals surface area contributed by atoms with Crippen LogP contribution in [-0.2, 0) is 25.9 Å². The zero-order valence-electron chi connectivity index (χ0n) is 21.6. The summed E-state index contributed by atoms with van der Waals surface area (Å²) in [4.78, 5) is 31.1. The highest BCUT2D eigenvalue weighted by atomic mass is 32.2. The van der Waals surface area contributed by atoms with Gasteiger partial charge in [-0.15, -0.1) is 0 Å². The molecule has 12 heteroatoms. The van der Waals surface area contributed by atoms with E-state index in [2.05, 4.69) is 32.4 Å². The molecule has 5 rings (SSSR count). The Bertz CT molecular complexity index is 1370. The van der Waals surface area contributed by atoms with Crippen molar-refractivity contribution in [2.75, 3.05) is 35.7 Å². The molecule has 1 aromatic carbocycles. The molecule has 2 aliphatic rings. The summed E-state index contributed by atoms with van der Waals surface area (Å²) < 4.78 is 31.1. The molecule has 11 nitrogen and oxygen atoms in total. The van der Waals surface area contributed by atoms with E-state index >= 15 is 0 Å². The number of carbonyl (C=O) groups excluding carboxylic acids is 1. The van der Waals surface area contributed by atoms with Crippen LogP contribution in [-0.4, -0.2) is 65.9 Å². The van der Waals surface area contributed by atoms with Crippen LogP contribution in [0.1, 0.15) is 44.6 Å². The number of carbonyl (C=O) groups is 1. The summed E-state index contributed by atoms with van der Waals surface area (Å²) in [6, 6.07) is 8.81. The van der Waals surface area contributed by atoms with Gasteiger partial charge in [0, 0.05) is 42.0 Å². The number of aromatic nitrogens is 4. The molecule has 3 aromatic rings. The summed E-state index contributed by atoms with van der Waals surface area (Å²) >= 11 is 0. The zero-order chi connectivity index (χ0) is 26.8. The minimum Gasteiger partial charge on any atom is -0.377 e. The maximum atomic E-state index is 13.2. The lowest BCUT2D eigenvalue weighted by Gasteiger charge is -2.41. The van der Waals surface area contributed by atoms with Crippen LogP contribution in [0.2, 0.25) is 0 Å². The number of benzene rings is 1. The fraction of sp³-hybridized carbons (Fsp3) is 0.462.